The van der Waals surface area contributed by atoms with E-state index in [9.17, 15) is 4.79 Å². The molecule has 0 radical (unpaired) electrons. The summed E-state index contributed by atoms with van der Waals surface area (Å²) >= 11 is 0. The normalized spacial score (nSPS) is 11.1. The first kappa shape index (κ1) is 16.9. The molecule has 0 fully saturated rings. The minimum absolute atomic E-state index is 0.0518. The van der Waals surface area contributed by atoms with Gasteiger partial charge in [0, 0.05) is 17.3 Å². The topological polar surface area (TPSA) is 85.8 Å². The first-order chi connectivity index (χ1) is 11.8. The maximum Gasteiger partial charge on any atom is 0.322 e. The molecule has 0 aliphatic heterocycles. The quantitative estimate of drug-likeness (QED) is 0.783. The Bertz CT molecular complexity index is 903. The molecule has 25 heavy (non-hydrogen) atoms. The fourth-order valence-electron chi connectivity index (χ4n) is 2.77. The largest absolute Gasteiger partial charge is 0.403 e. The van der Waals surface area contributed by atoms with Crippen molar-refractivity contribution in [1.29, 1.82) is 0 Å². The molecule has 2 heterocycles. The van der Waals surface area contributed by atoms with Gasteiger partial charge in [0.15, 0.2) is 5.69 Å². The van der Waals surface area contributed by atoms with Crippen LogP contribution < -0.4 is 5.32 Å². The highest BCUT2D eigenvalue weighted by molar-refractivity contribution is 6.01. The molecule has 3 aromatic rings. The van der Waals surface area contributed by atoms with E-state index in [-0.39, 0.29) is 18.0 Å². The van der Waals surface area contributed by atoms with Crippen molar-refractivity contribution in [2.45, 2.75) is 40.7 Å². The molecule has 1 amide bonds. The fraction of sp³-hybridized carbons (Fsp3) is 0.333. The lowest BCUT2D eigenvalue weighted by Crippen LogP contribution is -2.14. The lowest BCUT2D eigenvalue weighted by molar-refractivity contribution is 0.101. The molecule has 130 valence electrons. The highest BCUT2D eigenvalue weighted by Crippen LogP contribution is 2.22. The summed E-state index contributed by atoms with van der Waals surface area (Å²) in [7, 11) is 0. The molecule has 0 aliphatic carbocycles. The predicted molar refractivity (Wildman–Crippen MR) is 94.5 cm³/mol. The van der Waals surface area contributed by atoms with E-state index in [4.69, 9.17) is 4.42 Å². The van der Waals surface area contributed by atoms with Crippen LogP contribution in [0.25, 0.3) is 11.5 Å². The summed E-state index contributed by atoms with van der Waals surface area (Å²) in [5.41, 5.74) is 4.27. The Labute approximate surface area is 146 Å². The number of anilines is 1. The van der Waals surface area contributed by atoms with Crippen molar-refractivity contribution in [3.8, 4) is 11.5 Å². The summed E-state index contributed by atoms with van der Waals surface area (Å²) in [5.74, 6) is -0.0101. The third-order valence-corrected chi connectivity index (χ3v) is 3.76. The summed E-state index contributed by atoms with van der Waals surface area (Å²) < 4.78 is 7.36. The lowest BCUT2D eigenvalue weighted by atomic mass is 10.1. The SMILES string of the molecule is Cc1cc(C)cc(-c2nnc(NC(=O)c3cc(C)n(C(C)C)n3)o2)c1. The smallest absolute Gasteiger partial charge is 0.322 e. The van der Waals surface area contributed by atoms with Gasteiger partial charge in [-0.3, -0.25) is 14.8 Å². The van der Waals surface area contributed by atoms with Gasteiger partial charge in [-0.2, -0.15) is 5.10 Å². The maximum absolute atomic E-state index is 12.3. The highest BCUT2D eigenvalue weighted by atomic mass is 16.4. The van der Waals surface area contributed by atoms with Crippen LogP contribution in [0, 0.1) is 20.8 Å². The van der Waals surface area contributed by atoms with E-state index < -0.39 is 0 Å². The number of aromatic nitrogens is 4. The molecule has 1 aromatic carbocycles. The number of carbonyl (C=O) groups excluding carboxylic acids is 1. The monoisotopic (exact) mass is 339 g/mol. The van der Waals surface area contributed by atoms with Crippen LogP contribution >= 0.6 is 0 Å². The fourth-order valence-corrected chi connectivity index (χ4v) is 2.77. The molecule has 0 saturated carbocycles. The van der Waals surface area contributed by atoms with Gasteiger partial charge >= 0.3 is 6.01 Å². The maximum atomic E-state index is 12.3. The summed E-state index contributed by atoms with van der Waals surface area (Å²) in [6, 6.07) is 7.95. The Balaban J connectivity index is 1.79. The molecule has 1 N–H and O–H groups in total. The van der Waals surface area contributed by atoms with Gasteiger partial charge in [0.05, 0.1) is 0 Å². The molecule has 0 unspecified atom stereocenters. The van der Waals surface area contributed by atoms with E-state index >= 15 is 0 Å². The van der Waals surface area contributed by atoms with Crippen molar-refractivity contribution >= 4 is 11.9 Å². The summed E-state index contributed by atoms with van der Waals surface area (Å²) in [5, 5.41) is 14.8. The molecule has 7 heteroatoms. The van der Waals surface area contributed by atoms with E-state index in [1.807, 2.05) is 46.8 Å². The standard InChI is InChI=1S/C18H21N5O2/c1-10(2)23-13(5)9-15(22-23)16(24)19-18-21-20-17(25-18)14-7-11(3)6-12(4)8-14/h6-10H,1-5H3,(H,19,21,24). The number of hydrogen-bond acceptors (Lipinski definition) is 5. The molecule has 0 atom stereocenters. The molecular weight excluding hydrogens is 318 g/mol. The van der Waals surface area contributed by atoms with Crippen LogP contribution in [0.15, 0.2) is 28.7 Å². The van der Waals surface area contributed by atoms with Crippen LogP contribution in [0.4, 0.5) is 6.01 Å². The second kappa shape index (κ2) is 6.51. The third-order valence-electron chi connectivity index (χ3n) is 3.76. The summed E-state index contributed by atoms with van der Waals surface area (Å²) in [4.78, 5) is 12.3. The number of rotatable bonds is 4. The average molecular weight is 339 g/mol. The number of aryl methyl sites for hydroxylation is 3. The number of benzene rings is 1. The third kappa shape index (κ3) is 3.60. The van der Waals surface area contributed by atoms with Crippen LogP contribution in [-0.4, -0.2) is 25.9 Å². The van der Waals surface area contributed by atoms with Crippen LogP contribution in [-0.2, 0) is 0 Å². The van der Waals surface area contributed by atoms with Crippen LogP contribution in [0.2, 0.25) is 0 Å². The predicted octanol–water partition coefficient (Wildman–Crippen LogP) is 3.69. The number of nitrogens with zero attached hydrogens (tertiary/aromatic N) is 4. The van der Waals surface area contributed by atoms with Crippen molar-refractivity contribution in [1.82, 2.24) is 20.0 Å². The molecule has 0 bridgehead atoms. The van der Waals surface area contributed by atoms with Gasteiger partial charge in [0.1, 0.15) is 0 Å². The Morgan fingerprint density at radius 3 is 2.36 bits per heavy atom. The van der Waals surface area contributed by atoms with Gasteiger partial charge < -0.3 is 4.42 Å². The summed E-state index contributed by atoms with van der Waals surface area (Å²) in [6.45, 7) is 9.94. The zero-order chi connectivity index (χ0) is 18.1. The van der Waals surface area contributed by atoms with E-state index in [0.717, 1.165) is 22.4 Å². The Hall–Kier alpha value is -2.96. The molecule has 7 nitrogen and oxygen atoms in total. The molecular formula is C18H21N5O2. The van der Waals surface area contributed by atoms with Crippen LogP contribution in [0.1, 0.15) is 47.2 Å². The van der Waals surface area contributed by atoms with Gasteiger partial charge in [0.2, 0.25) is 5.89 Å². The van der Waals surface area contributed by atoms with Crippen LogP contribution in [0.5, 0.6) is 0 Å². The molecule has 0 saturated heterocycles. The first-order valence-electron chi connectivity index (χ1n) is 8.13. The van der Waals surface area contributed by atoms with Crippen molar-refractivity contribution in [2.24, 2.45) is 0 Å². The van der Waals surface area contributed by atoms with Crippen molar-refractivity contribution in [3.05, 3.63) is 46.8 Å². The average Bonchev–Trinajstić information content (AvgIpc) is 3.13. The number of carbonyl (C=O) groups is 1. The van der Waals surface area contributed by atoms with Crippen molar-refractivity contribution in [2.75, 3.05) is 5.32 Å². The highest BCUT2D eigenvalue weighted by Gasteiger charge is 2.17. The second-order valence-corrected chi connectivity index (χ2v) is 6.45. The molecule has 0 aliphatic rings. The summed E-state index contributed by atoms with van der Waals surface area (Å²) in [6.07, 6.45) is 0. The Kier molecular flexibility index (Phi) is 4.39. The van der Waals surface area contributed by atoms with Gasteiger partial charge in [-0.25, -0.2) is 0 Å². The van der Waals surface area contributed by atoms with E-state index in [2.05, 4.69) is 26.7 Å². The second-order valence-electron chi connectivity index (χ2n) is 6.45. The van der Waals surface area contributed by atoms with Gasteiger partial charge in [-0.05, 0) is 52.8 Å². The van der Waals surface area contributed by atoms with Crippen molar-refractivity contribution in [3.63, 3.8) is 0 Å². The van der Waals surface area contributed by atoms with Gasteiger partial charge in [-0.15, -0.1) is 5.10 Å². The van der Waals surface area contributed by atoms with Gasteiger partial charge in [-0.1, -0.05) is 22.3 Å². The van der Waals surface area contributed by atoms with Crippen molar-refractivity contribution < 1.29 is 9.21 Å². The lowest BCUT2D eigenvalue weighted by Gasteiger charge is -2.06. The zero-order valence-electron chi connectivity index (χ0n) is 15.0. The van der Waals surface area contributed by atoms with E-state index in [0.29, 0.717) is 11.6 Å². The number of hydrogen-bond donors (Lipinski definition) is 1. The Morgan fingerprint density at radius 1 is 1.08 bits per heavy atom. The van der Waals surface area contributed by atoms with Crippen LogP contribution in [0.3, 0.4) is 0 Å². The van der Waals surface area contributed by atoms with E-state index in [1.54, 1.807) is 10.7 Å². The zero-order valence-corrected chi connectivity index (χ0v) is 15.0. The Morgan fingerprint density at radius 2 is 1.76 bits per heavy atom. The number of nitrogens with one attached hydrogen (secondary N) is 1. The van der Waals surface area contributed by atoms with E-state index in [1.165, 1.54) is 0 Å². The minimum atomic E-state index is -0.377. The molecule has 0 spiro atoms. The number of amides is 1. The van der Waals surface area contributed by atoms with Gasteiger partial charge in [0.25, 0.3) is 5.91 Å². The minimum Gasteiger partial charge on any atom is -0.403 e. The molecule has 3 rings (SSSR count). The first-order valence-corrected chi connectivity index (χ1v) is 8.13. The molecule has 2 aromatic heterocycles.